The molecule has 1 aliphatic rings. The molecule has 0 spiro atoms. The van der Waals surface area contributed by atoms with Gasteiger partial charge < -0.3 is 35.6 Å². The summed E-state index contributed by atoms with van der Waals surface area (Å²) in [6.45, 7) is 1.53. The van der Waals surface area contributed by atoms with Crippen LogP contribution < -0.4 is 5.32 Å². The number of hydrogen-bond donors (Lipinski definition) is 6. The molecular formula is C26H46N2O9. The highest BCUT2D eigenvalue weighted by Crippen LogP contribution is 2.21. The molecule has 0 radical (unpaired) electrons. The molecule has 1 heterocycles. The van der Waals surface area contributed by atoms with Crippen molar-refractivity contribution < 1.29 is 44.7 Å². The second kappa shape index (κ2) is 19.2. The standard InChI is InChI=1S/C26H46N2O9/c1-2-3-4-5-6-7-8-9-10-11-12-19-17-21(31)28(26(19)36)14-16-37-15-13-27-25(35)24(34)23(33)22(32)20(30)18-29/h11-12,19-20,22-24,29-30,32-34H,2-10,13-18H2,1H3,(H,27,35)/b12-11+. The lowest BCUT2D eigenvalue weighted by Crippen LogP contribution is -2.52. The molecule has 1 rings (SSSR count). The van der Waals surface area contributed by atoms with Crippen LogP contribution in [0.4, 0.5) is 0 Å². The van der Waals surface area contributed by atoms with Gasteiger partial charge in [0.1, 0.15) is 18.3 Å². The van der Waals surface area contributed by atoms with Gasteiger partial charge in [-0.2, -0.15) is 0 Å². The van der Waals surface area contributed by atoms with Crippen molar-refractivity contribution in [3.8, 4) is 0 Å². The maximum Gasteiger partial charge on any atom is 0.251 e. The number of carbonyl (C=O) groups excluding carboxylic acids is 3. The van der Waals surface area contributed by atoms with E-state index in [1.165, 1.54) is 49.8 Å². The molecule has 0 aliphatic carbocycles. The van der Waals surface area contributed by atoms with Crippen molar-refractivity contribution in [1.29, 1.82) is 0 Å². The second-order valence-electron chi connectivity index (χ2n) is 9.47. The van der Waals surface area contributed by atoms with Crippen molar-refractivity contribution in [3.05, 3.63) is 12.2 Å². The van der Waals surface area contributed by atoms with Crippen LogP contribution in [0.5, 0.6) is 0 Å². The van der Waals surface area contributed by atoms with E-state index in [2.05, 4.69) is 12.2 Å². The van der Waals surface area contributed by atoms with E-state index in [1.807, 2.05) is 12.2 Å². The molecule has 1 fully saturated rings. The minimum absolute atomic E-state index is 0.0224. The molecule has 1 saturated heterocycles. The Bertz CT molecular complexity index is 704. The number of carbonyl (C=O) groups is 3. The number of allylic oxidation sites excluding steroid dienone is 1. The van der Waals surface area contributed by atoms with E-state index < -0.39 is 42.8 Å². The summed E-state index contributed by atoms with van der Waals surface area (Å²) >= 11 is 0. The van der Waals surface area contributed by atoms with Crippen LogP contribution in [0.25, 0.3) is 0 Å². The lowest BCUT2D eigenvalue weighted by Gasteiger charge is -2.24. The maximum atomic E-state index is 12.5. The van der Waals surface area contributed by atoms with E-state index in [-0.39, 0.29) is 44.5 Å². The van der Waals surface area contributed by atoms with Crippen molar-refractivity contribution in [2.75, 3.05) is 32.9 Å². The van der Waals surface area contributed by atoms with Crippen LogP contribution in [0.1, 0.15) is 71.1 Å². The topological polar surface area (TPSA) is 177 Å². The Morgan fingerprint density at radius 2 is 1.68 bits per heavy atom. The van der Waals surface area contributed by atoms with Crippen LogP contribution in [0.15, 0.2) is 12.2 Å². The maximum absolute atomic E-state index is 12.5. The van der Waals surface area contributed by atoms with Crippen molar-refractivity contribution in [2.24, 2.45) is 5.92 Å². The lowest BCUT2D eigenvalue weighted by atomic mass is 10.0. The van der Waals surface area contributed by atoms with Gasteiger partial charge in [-0.25, -0.2) is 0 Å². The first-order chi connectivity index (χ1) is 17.7. The van der Waals surface area contributed by atoms with Gasteiger partial charge in [0.2, 0.25) is 11.8 Å². The number of nitrogens with zero attached hydrogens (tertiary/aromatic N) is 1. The predicted molar refractivity (Wildman–Crippen MR) is 136 cm³/mol. The Labute approximate surface area is 219 Å². The summed E-state index contributed by atoms with van der Waals surface area (Å²) in [6.07, 6.45) is 7.18. The third-order valence-electron chi connectivity index (χ3n) is 6.40. The van der Waals surface area contributed by atoms with Gasteiger partial charge in [0.15, 0.2) is 6.10 Å². The molecule has 3 amide bonds. The van der Waals surface area contributed by atoms with Gasteiger partial charge >= 0.3 is 0 Å². The summed E-state index contributed by atoms with van der Waals surface area (Å²) in [4.78, 5) is 37.7. The van der Waals surface area contributed by atoms with Crippen LogP contribution >= 0.6 is 0 Å². The fourth-order valence-corrected chi connectivity index (χ4v) is 4.04. The lowest BCUT2D eigenvalue weighted by molar-refractivity contribution is -0.149. The van der Waals surface area contributed by atoms with Gasteiger partial charge in [-0.3, -0.25) is 19.3 Å². The van der Waals surface area contributed by atoms with Crippen molar-refractivity contribution in [1.82, 2.24) is 10.2 Å². The summed E-state index contributed by atoms with van der Waals surface area (Å²) in [7, 11) is 0. The molecule has 1 aliphatic heterocycles. The summed E-state index contributed by atoms with van der Waals surface area (Å²) in [5, 5.41) is 49.3. The fourth-order valence-electron chi connectivity index (χ4n) is 4.04. The number of rotatable bonds is 21. The van der Waals surface area contributed by atoms with Gasteiger partial charge in [0, 0.05) is 13.0 Å². The second-order valence-corrected chi connectivity index (χ2v) is 9.47. The number of ether oxygens (including phenoxy) is 1. The Balaban J connectivity index is 2.19. The minimum Gasteiger partial charge on any atom is -0.394 e. The number of imide groups is 1. The quantitative estimate of drug-likeness (QED) is 0.0678. The molecule has 6 N–H and O–H groups in total. The van der Waals surface area contributed by atoms with Gasteiger partial charge in [-0.15, -0.1) is 0 Å². The van der Waals surface area contributed by atoms with Crippen LogP contribution in [-0.4, -0.2) is 105 Å². The predicted octanol–water partition coefficient (Wildman–Crippen LogP) is 0.0172. The molecule has 37 heavy (non-hydrogen) atoms. The van der Waals surface area contributed by atoms with Crippen LogP contribution in [0.3, 0.4) is 0 Å². The molecule has 5 atom stereocenters. The molecule has 0 aromatic carbocycles. The number of unbranched alkanes of at least 4 members (excludes halogenated alkanes) is 8. The highest BCUT2D eigenvalue weighted by atomic mass is 16.5. The number of nitrogens with one attached hydrogen (secondary N) is 1. The number of aliphatic hydroxyl groups excluding tert-OH is 5. The minimum atomic E-state index is -2.02. The zero-order valence-corrected chi connectivity index (χ0v) is 22.0. The SMILES string of the molecule is CCCCCCCCCC/C=C/C1CC(=O)N(CCOCCNC(=O)C(O)C(O)C(O)C(O)CO)C1=O. The normalized spacial score (nSPS) is 19.4. The first-order valence-corrected chi connectivity index (χ1v) is 13.4. The van der Waals surface area contributed by atoms with Crippen molar-refractivity contribution in [2.45, 2.75) is 95.5 Å². The van der Waals surface area contributed by atoms with E-state index >= 15 is 0 Å². The summed E-state index contributed by atoms with van der Waals surface area (Å²) < 4.78 is 5.34. The number of hydrogen-bond acceptors (Lipinski definition) is 9. The molecule has 0 aromatic heterocycles. The number of likely N-dealkylation sites (tertiary alicyclic amines) is 1. The van der Waals surface area contributed by atoms with E-state index in [1.54, 1.807) is 0 Å². The third-order valence-corrected chi connectivity index (χ3v) is 6.40. The summed E-state index contributed by atoms with van der Waals surface area (Å²) in [5.74, 6) is -1.92. The first-order valence-electron chi connectivity index (χ1n) is 13.4. The molecule has 0 aromatic rings. The molecule has 0 saturated carbocycles. The third kappa shape index (κ3) is 12.5. The average Bonchev–Trinajstić information content (AvgIpc) is 3.16. The fraction of sp³-hybridized carbons (Fsp3) is 0.808. The van der Waals surface area contributed by atoms with Crippen molar-refractivity contribution in [3.63, 3.8) is 0 Å². The van der Waals surface area contributed by atoms with E-state index in [9.17, 15) is 34.8 Å². The Hall–Kier alpha value is -1.89. The Morgan fingerprint density at radius 3 is 2.32 bits per heavy atom. The zero-order valence-electron chi connectivity index (χ0n) is 22.0. The van der Waals surface area contributed by atoms with E-state index in [4.69, 9.17) is 9.84 Å². The van der Waals surface area contributed by atoms with Crippen LogP contribution in [-0.2, 0) is 19.1 Å². The summed E-state index contributed by atoms with van der Waals surface area (Å²) in [5.41, 5.74) is 0. The molecule has 11 nitrogen and oxygen atoms in total. The van der Waals surface area contributed by atoms with Gasteiger partial charge in [0.05, 0.1) is 32.3 Å². The molecule has 11 heteroatoms. The molecule has 214 valence electrons. The van der Waals surface area contributed by atoms with Gasteiger partial charge in [-0.05, 0) is 12.8 Å². The van der Waals surface area contributed by atoms with Crippen molar-refractivity contribution >= 4 is 17.7 Å². The zero-order chi connectivity index (χ0) is 27.6. The monoisotopic (exact) mass is 530 g/mol. The Morgan fingerprint density at radius 1 is 1.03 bits per heavy atom. The largest absolute Gasteiger partial charge is 0.394 e. The average molecular weight is 531 g/mol. The number of amides is 3. The van der Waals surface area contributed by atoms with E-state index in [0.29, 0.717) is 0 Å². The van der Waals surface area contributed by atoms with Gasteiger partial charge in [-0.1, -0.05) is 64.0 Å². The van der Waals surface area contributed by atoms with E-state index in [0.717, 1.165) is 12.8 Å². The highest BCUT2D eigenvalue weighted by molar-refractivity contribution is 6.04. The number of aliphatic hydroxyl groups is 5. The summed E-state index contributed by atoms with van der Waals surface area (Å²) in [6, 6.07) is 0. The Kier molecular flexibility index (Phi) is 17.2. The smallest absolute Gasteiger partial charge is 0.251 e. The van der Waals surface area contributed by atoms with Gasteiger partial charge in [0.25, 0.3) is 5.91 Å². The molecular weight excluding hydrogens is 484 g/mol. The molecule has 5 unspecified atom stereocenters. The van der Waals surface area contributed by atoms with Crippen LogP contribution in [0.2, 0.25) is 0 Å². The van der Waals surface area contributed by atoms with Crippen LogP contribution in [0, 0.1) is 5.92 Å². The first kappa shape index (κ1) is 33.1. The highest BCUT2D eigenvalue weighted by Gasteiger charge is 2.36. The molecule has 0 bridgehead atoms.